The molecule has 0 aliphatic carbocycles. The van der Waals surface area contributed by atoms with Gasteiger partial charge in [-0.15, -0.1) is 0 Å². The van der Waals surface area contributed by atoms with Crippen molar-refractivity contribution in [2.45, 2.75) is 6.54 Å². The van der Waals surface area contributed by atoms with Gasteiger partial charge in [0.2, 0.25) is 0 Å². The van der Waals surface area contributed by atoms with Gasteiger partial charge in [-0.2, -0.15) is 0 Å². The van der Waals surface area contributed by atoms with E-state index >= 15 is 0 Å². The molecule has 0 radical (unpaired) electrons. The number of methoxy groups -OCH3 is 2. The van der Waals surface area contributed by atoms with E-state index in [1.54, 1.807) is 26.6 Å². The Hall–Kier alpha value is -2.30. The van der Waals surface area contributed by atoms with Crippen LogP contribution < -0.4 is 14.8 Å². The summed E-state index contributed by atoms with van der Waals surface area (Å²) in [5.74, 6) is 1.55. The van der Waals surface area contributed by atoms with Crippen molar-refractivity contribution in [1.29, 1.82) is 0 Å². The van der Waals surface area contributed by atoms with Crippen molar-refractivity contribution in [1.82, 2.24) is 9.97 Å². The van der Waals surface area contributed by atoms with E-state index in [1.807, 2.05) is 18.2 Å². The molecule has 5 nitrogen and oxygen atoms in total. The standard InChI is InChI=1S/C13H15N3O2/c1-17-11-3-4-13(18-2)12(5-11)16-8-10-6-14-9-15-7-10/h3-7,9,16H,8H2,1-2H3. The number of ether oxygens (including phenoxy) is 2. The van der Waals surface area contributed by atoms with Crippen molar-refractivity contribution in [3.8, 4) is 11.5 Å². The lowest BCUT2D eigenvalue weighted by Gasteiger charge is -2.12. The minimum absolute atomic E-state index is 0.629. The summed E-state index contributed by atoms with van der Waals surface area (Å²) in [5, 5.41) is 3.27. The predicted octanol–water partition coefficient (Wildman–Crippen LogP) is 2.11. The largest absolute Gasteiger partial charge is 0.497 e. The molecular weight excluding hydrogens is 230 g/mol. The highest BCUT2D eigenvalue weighted by atomic mass is 16.5. The SMILES string of the molecule is COc1ccc(OC)c(NCc2cncnc2)c1. The van der Waals surface area contributed by atoms with Crippen LogP contribution in [0, 0.1) is 0 Å². The molecule has 1 aromatic carbocycles. The summed E-state index contributed by atoms with van der Waals surface area (Å²) in [6, 6.07) is 5.61. The Morgan fingerprint density at radius 3 is 2.56 bits per heavy atom. The molecule has 0 aliphatic heterocycles. The van der Waals surface area contributed by atoms with Gasteiger partial charge in [-0.1, -0.05) is 0 Å². The van der Waals surface area contributed by atoms with Crippen LogP contribution in [-0.2, 0) is 6.54 Å². The van der Waals surface area contributed by atoms with Crippen molar-refractivity contribution in [2.75, 3.05) is 19.5 Å². The second-order valence-corrected chi connectivity index (χ2v) is 3.67. The first-order valence-electron chi connectivity index (χ1n) is 5.53. The maximum absolute atomic E-state index is 5.28. The predicted molar refractivity (Wildman–Crippen MR) is 68.9 cm³/mol. The lowest BCUT2D eigenvalue weighted by molar-refractivity contribution is 0.404. The second kappa shape index (κ2) is 5.86. The first-order chi connectivity index (χ1) is 8.83. The average molecular weight is 245 g/mol. The highest BCUT2D eigenvalue weighted by molar-refractivity contribution is 5.59. The Balaban J connectivity index is 2.12. The van der Waals surface area contributed by atoms with Crippen LogP contribution in [0.2, 0.25) is 0 Å². The molecule has 0 bridgehead atoms. The zero-order valence-corrected chi connectivity index (χ0v) is 10.4. The van der Waals surface area contributed by atoms with E-state index in [2.05, 4.69) is 15.3 Å². The van der Waals surface area contributed by atoms with Gasteiger partial charge in [-0.25, -0.2) is 9.97 Å². The molecule has 0 saturated heterocycles. The van der Waals surface area contributed by atoms with E-state index in [0.717, 1.165) is 22.7 Å². The topological polar surface area (TPSA) is 56.3 Å². The normalized spacial score (nSPS) is 9.89. The highest BCUT2D eigenvalue weighted by Gasteiger charge is 2.04. The summed E-state index contributed by atoms with van der Waals surface area (Å²) in [5.41, 5.74) is 1.88. The zero-order valence-electron chi connectivity index (χ0n) is 10.4. The van der Waals surface area contributed by atoms with Gasteiger partial charge >= 0.3 is 0 Å². The van der Waals surface area contributed by atoms with Gasteiger partial charge in [0, 0.05) is 30.6 Å². The third kappa shape index (κ3) is 2.88. The molecule has 2 aromatic rings. The van der Waals surface area contributed by atoms with E-state index in [0.29, 0.717) is 6.54 Å². The van der Waals surface area contributed by atoms with Crippen LogP contribution in [0.1, 0.15) is 5.56 Å². The first kappa shape index (κ1) is 12.2. The molecule has 0 unspecified atom stereocenters. The van der Waals surface area contributed by atoms with Crippen LogP contribution in [0.15, 0.2) is 36.9 Å². The van der Waals surface area contributed by atoms with Crippen LogP contribution in [0.25, 0.3) is 0 Å². The van der Waals surface area contributed by atoms with Crippen LogP contribution >= 0.6 is 0 Å². The summed E-state index contributed by atoms with van der Waals surface area (Å²) in [4.78, 5) is 7.93. The number of rotatable bonds is 5. The van der Waals surface area contributed by atoms with E-state index in [9.17, 15) is 0 Å². The Morgan fingerprint density at radius 1 is 1.11 bits per heavy atom. The van der Waals surface area contributed by atoms with Crippen LogP contribution in [-0.4, -0.2) is 24.2 Å². The van der Waals surface area contributed by atoms with Crippen molar-refractivity contribution in [3.63, 3.8) is 0 Å². The van der Waals surface area contributed by atoms with Crippen molar-refractivity contribution in [3.05, 3.63) is 42.5 Å². The number of hydrogen-bond donors (Lipinski definition) is 1. The minimum atomic E-state index is 0.629. The quantitative estimate of drug-likeness (QED) is 0.874. The fraction of sp³-hybridized carbons (Fsp3) is 0.231. The van der Waals surface area contributed by atoms with Crippen LogP contribution in [0.5, 0.6) is 11.5 Å². The van der Waals surface area contributed by atoms with Gasteiger partial charge < -0.3 is 14.8 Å². The number of anilines is 1. The zero-order chi connectivity index (χ0) is 12.8. The molecule has 0 spiro atoms. The van der Waals surface area contributed by atoms with Gasteiger partial charge in [0.1, 0.15) is 17.8 Å². The fourth-order valence-electron chi connectivity index (χ4n) is 1.57. The maximum Gasteiger partial charge on any atom is 0.142 e. The maximum atomic E-state index is 5.28. The molecule has 0 atom stereocenters. The lowest BCUT2D eigenvalue weighted by Crippen LogP contribution is -2.02. The first-order valence-corrected chi connectivity index (χ1v) is 5.53. The van der Waals surface area contributed by atoms with Crippen LogP contribution in [0.4, 0.5) is 5.69 Å². The fourth-order valence-corrected chi connectivity index (χ4v) is 1.57. The molecular formula is C13H15N3O2. The Bertz CT molecular complexity index is 503. The molecule has 94 valence electrons. The van der Waals surface area contributed by atoms with E-state index in [1.165, 1.54) is 6.33 Å². The number of aromatic nitrogens is 2. The van der Waals surface area contributed by atoms with Gasteiger partial charge in [-0.05, 0) is 12.1 Å². The average Bonchev–Trinajstić information content (AvgIpc) is 2.45. The third-order valence-corrected chi connectivity index (χ3v) is 2.50. The molecule has 0 amide bonds. The molecule has 0 saturated carbocycles. The molecule has 1 N–H and O–H groups in total. The minimum Gasteiger partial charge on any atom is -0.497 e. The molecule has 18 heavy (non-hydrogen) atoms. The Labute approximate surface area is 106 Å². The van der Waals surface area contributed by atoms with E-state index in [4.69, 9.17) is 9.47 Å². The third-order valence-electron chi connectivity index (χ3n) is 2.50. The van der Waals surface area contributed by atoms with E-state index in [-0.39, 0.29) is 0 Å². The molecule has 1 aromatic heterocycles. The number of benzene rings is 1. The monoisotopic (exact) mass is 245 g/mol. The molecule has 2 rings (SSSR count). The lowest BCUT2D eigenvalue weighted by atomic mass is 10.2. The highest BCUT2D eigenvalue weighted by Crippen LogP contribution is 2.29. The van der Waals surface area contributed by atoms with Gasteiger partial charge in [0.25, 0.3) is 0 Å². The van der Waals surface area contributed by atoms with Crippen molar-refractivity contribution >= 4 is 5.69 Å². The molecule has 0 fully saturated rings. The van der Waals surface area contributed by atoms with Crippen molar-refractivity contribution < 1.29 is 9.47 Å². The summed E-state index contributed by atoms with van der Waals surface area (Å²) in [6.07, 6.45) is 5.05. The number of nitrogens with zero attached hydrogens (tertiary/aromatic N) is 2. The molecule has 5 heteroatoms. The van der Waals surface area contributed by atoms with Gasteiger partial charge in [0.05, 0.1) is 19.9 Å². The number of nitrogens with one attached hydrogen (secondary N) is 1. The Morgan fingerprint density at radius 2 is 1.89 bits per heavy atom. The van der Waals surface area contributed by atoms with Gasteiger partial charge in [-0.3, -0.25) is 0 Å². The summed E-state index contributed by atoms with van der Waals surface area (Å²) in [6.45, 7) is 0.629. The van der Waals surface area contributed by atoms with Crippen LogP contribution in [0.3, 0.4) is 0 Å². The van der Waals surface area contributed by atoms with E-state index < -0.39 is 0 Å². The summed E-state index contributed by atoms with van der Waals surface area (Å²) < 4.78 is 10.5. The summed E-state index contributed by atoms with van der Waals surface area (Å²) >= 11 is 0. The molecule has 1 heterocycles. The summed E-state index contributed by atoms with van der Waals surface area (Å²) in [7, 11) is 3.27. The molecule has 0 aliphatic rings. The van der Waals surface area contributed by atoms with Gasteiger partial charge in [0.15, 0.2) is 0 Å². The number of hydrogen-bond acceptors (Lipinski definition) is 5. The van der Waals surface area contributed by atoms with Crippen molar-refractivity contribution in [2.24, 2.45) is 0 Å². The Kier molecular flexibility index (Phi) is 3.96. The second-order valence-electron chi connectivity index (χ2n) is 3.67. The smallest absolute Gasteiger partial charge is 0.142 e.